The first-order valence-corrected chi connectivity index (χ1v) is 8.84. The molecule has 0 unspecified atom stereocenters. The van der Waals surface area contributed by atoms with Gasteiger partial charge in [0.1, 0.15) is 10.8 Å². The van der Waals surface area contributed by atoms with E-state index in [-0.39, 0.29) is 4.90 Å². The monoisotopic (exact) mass is 331 g/mol. The van der Waals surface area contributed by atoms with Gasteiger partial charge in [0.2, 0.25) is 0 Å². The number of sulfonamides is 1. The molecule has 0 aliphatic carbocycles. The molecule has 1 aromatic heterocycles. The van der Waals surface area contributed by atoms with E-state index in [9.17, 15) is 8.42 Å². The van der Waals surface area contributed by atoms with E-state index < -0.39 is 10.0 Å². The lowest BCUT2D eigenvalue weighted by Crippen LogP contribution is -2.11. The predicted molar refractivity (Wildman–Crippen MR) is 88.1 cm³/mol. The third-order valence-corrected chi connectivity index (χ3v) is 5.22. The molecular formula is C16H13NO3S2. The van der Waals surface area contributed by atoms with Crippen LogP contribution in [-0.2, 0) is 10.0 Å². The number of hydrogen-bond acceptors (Lipinski definition) is 4. The van der Waals surface area contributed by atoms with Crippen LogP contribution in [0.2, 0.25) is 0 Å². The quantitative estimate of drug-likeness (QED) is 0.756. The van der Waals surface area contributed by atoms with Crippen molar-refractivity contribution >= 4 is 26.4 Å². The summed E-state index contributed by atoms with van der Waals surface area (Å²) in [6.45, 7) is 0. The van der Waals surface area contributed by atoms with Crippen molar-refractivity contribution in [3.8, 4) is 10.8 Å². The van der Waals surface area contributed by atoms with Crippen molar-refractivity contribution in [1.82, 2.24) is 0 Å². The van der Waals surface area contributed by atoms with Gasteiger partial charge in [-0.15, -0.1) is 0 Å². The largest absolute Gasteiger partial charge is 0.447 e. The Morgan fingerprint density at radius 2 is 1.45 bits per heavy atom. The smallest absolute Gasteiger partial charge is 0.262 e. The van der Waals surface area contributed by atoms with Crippen molar-refractivity contribution in [1.29, 1.82) is 0 Å². The van der Waals surface area contributed by atoms with Crippen molar-refractivity contribution in [2.24, 2.45) is 0 Å². The Morgan fingerprint density at radius 1 is 0.818 bits per heavy atom. The van der Waals surface area contributed by atoms with Crippen LogP contribution in [0.25, 0.3) is 0 Å². The van der Waals surface area contributed by atoms with Gasteiger partial charge in [-0.05, 0) is 36.4 Å². The summed E-state index contributed by atoms with van der Waals surface area (Å²) in [5, 5.41) is 1.13. The van der Waals surface area contributed by atoms with Crippen LogP contribution < -0.4 is 9.46 Å². The molecule has 0 saturated carbocycles. The normalized spacial score (nSPS) is 11.1. The van der Waals surface area contributed by atoms with Crippen molar-refractivity contribution in [3.63, 3.8) is 0 Å². The van der Waals surface area contributed by atoms with E-state index in [1.165, 1.54) is 11.3 Å². The van der Waals surface area contributed by atoms with Gasteiger partial charge < -0.3 is 4.74 Å². The van der Waals surface area contributed by atoms with Crippen LogP contribution >= 0.6 is 11.3 Å². The van der Waals surface area contributed by atoms with Crippen LogP contribution in [0.15, 0.2) is 77.7 Å². The molecule has 0 fully saturated rings. The van der Waals surface area contributed by atoms with Crippen LogP contribution in [0, 0.1) is 0 Å². The predicted octanol–water partition coefficient (Wildman–Crippen LogP) is 4.34. The maximum absolute atomic E-state index is 12.2. The molecule has 0 radical (unpaired) electrons. The highest BCUT2D eigenvalue weighted by atomic mass is 32.2. The highest BCUT2D eigenvalue weighted by Crippen LogP contribution is 2.33. The lowest BCUT2D eigenvalue weighted by Gasteiger charge is -2.05. The Kier molecular flexibility index (Phi) is 4.13. The second-order valence-corrected chi connectivity index (χ2v) is 7.18. The van der Waals surface area contributed by atoms with Gasteiger partial charge in [-0.2, -0.15) is 0 Å². The zero-order valence-electron chi connectivity index (χ0n) is 11.5. The minimum Gasteiger partial charge on any atom is -0.447 e. The Balaban J connectivity index is 1.75. The fraction of sp³-hybridized carbons (Fsp3) is 0. The summed E-state index contributed by atoms with van der Waals surface area (Å²) < 4.78 is 32.7. The number of hydrogen-bond donors (Lipinski definition) is 1. The van der Waals surface area contributed by atoms with Crippen LogP contribution in [0.1, 0.15) is 0 Å². The van der Waals surface area contributed by atoms with Gasteiger partial charge in [0.15, 0.2) is 5.06 Å². The van der Waals surface area contributed by atoms with E-state index in [1.807, 2.05) is 30.3 Å². The molecule has 1 N–H and O–H groups in total. The van der Waals surface area contributed by atoms with Crippen LogP contribution in [0.5, 0.6) is 10.8 Å². The third-order valence-electron chi connectivity index (χ3n) is 2.83. The molecule has 0 aliphatic heterocycles. The summed E-state index contributed by atoms with van der Waals surface area (Å²) in [4.78, 5) is 0.230. The average molecular weight is 331 g/mol. The number of anilines is 1. The maximum atomic E-state index is 12.2. The van der Waals surface area contributed by atoms with Crippen LogP contribution in [-0.4, -0.2) is 8.42 Å². The van der Waals surface area contributed by atoms with Gasteiger partial charge >= 0.3 is 0 Å². The molecule has 22 heavy (non-hydrogen) atoms. The Bertz CT molecular complexity index is 843. The highest BCUT2D eigenvalue weighted by Gasteiger charge is 2.15. The Hall–Kier alpha value is -2.31. The number of nitrogens with one attached hydrogen (secondary N) is 1. The molecule has 112 valence electrons. The Morgan fingerprint density at radius 3 is 2.14 bits per heavy atom. The summed E-state index contributed by atoms with van der Waals surface area (Å²) in [5.74, 6) is 0.710. The van der Waals surface area contributed by atoms with Crippen molar-refractivity contribution < 1.29 is 13.2 Å². The van der Waals surface area contributed by atoms with Crippen molar-refractivity contribution in [2.45, 2.75) is 4.90 Å². The number of benzene rings is 2. The van der Waals surface area contributed by atoms with E-state index in [1.54, 1.807) is 42.5 Å². The number of ether oxygens (including phenoxy) is 1. The van der Waals surface area contributed by atoms with Gasteiger partial charge in [-0.3, -0.25) is 4.72 Å². The van der Waals surface area contributed by atoms with Gasteiger partial charge in [0.25, 0.3) is 10.0 Å². The first-order chi connectivity index (χ1) is 10.6. The molecular weight excluding hydrogens is 318 g/mol. The van der Waals surface area contributed by atoms with Crippen molar-refractivity contribution in [2.75, 3.05) is 4.72 Å². The van der Waals surface area contributed by atoms with Gasteiger partial charge in [0, 0.05) is 0 Å². The van der Waals surface area contributed by atoms with Crippen LogP contribution in [0.3, 0.4) is 0 Å². The molecule has 4 nitrogen and oxygen atoms in total. The number of para-hydroxylation sites is 1. The molecule has 2 aromatic carbocycles. The molecule has 0 aliphatic rings. The summed E-state index contributed by atoms with van der Waals surface area (Å²) in [6, 6.07) is 21.0. The summed E-state index contributed by atoms with van der Waals surface area (Å²) in [7, 11) is -3.57. The lowest BCUT2D eigenvalue weighted by atomic mass is 10.3. The van der Waals surface area contributed by atoms with E-state index in [0.29, 0.717) is 15.8 Å². The first kappa shape index (κ1) is 14.6. The maximum Gasteiger partial charge on any atom is 0.262 e. The average Bonchev–Trinajstić information content (AvgIpc) is 2.95. The zero-order valence-corrected chi connectivity index (χ0v) is 13.1. The molecule has 0 amide bonds. The van der Waals surface area contributed by atoms with E-state index in [2.05, 4.69) is 4.72 Å². The highest BCUT2D eigenvalue weighted by molar-refractivity contribution is 7.93. The molecule has 0 bridgehead atoms. The van der Waals surface area contributed by atoms with Crippen LogP contribution in [0.4, 0.5) is 5.00 Å². The zero-order chi connectivity index (χ0) is 15.4. The number of thiophene rings is 1. The van der Waals surface area contributed by atoms with Gasteiger partial charge in [0.05, 0.1) is 4.90 Å². The standard InChI is InChI=1S/C16H13NO3S2/c18-22(19,14-9-5-2-6-10-14)17-15-11-12-16(21-15)20-13-7-3-1-4-8-13/h1-12,17H. The van der Waals surface area contributed by atoms with E-state index in [4.69, 9.17) is 4.74 Å². The molecule has 3 rings (SSSR count). The lowest BCUT2D eigenvalue weighted by molar-refractivity contribution is 0.496. The second-order valence-electron chi connectivity index (χ2n) is 4.45. The molecule has 0 atom stereocenters. The van der Waals surface area contributed by atoms with Gasteiger partial charge in [-0.25, -0.2) is 8.42 Å². The summed E-state index contributed by atoms with van der Waals surface area (Å²) in [6.07, 6.45) is 0. The third kappa shape index (κ3) is 3.47. The summed E-state index contributed by atoms with van der Waals surface area (Å²) in [5.41, 5.74) is 0. The van der Waals surface area contributed by atoms with Gasteiger partial charge in [-0.1, -0.05) is 47.7 Å². The van der Waals surface area contributed by atoms with Crippen molar-refractivity contribution in [3.05, 3.63) is 72.8 Å². The topological polar surface area (TPSA) is 55.4 Å². The van der Waals surface area contributed by atoms with E-state index in [0.717, 1.165) is 0 Å². The molecule has 0 saturated heterocycles. The Labute approximate surface area is 133 Å². The first-order valence-electron chi connectivity index (χ1n) is 6.54. The minimum absolute atomic E-state index is 0.230. The molecule has 3 aromatic rings. The van der Waals surface area contributed by atoms with E-state index >= 15 is 0 Å². The fourth-order valence-electron chi connectivity index (χ4n) is 1.83. The fourth-order valence-corrected chi connectivity index (χ4v) is 3.91. The minimum atomic E-state index is -3.57. The SMILES string of the molecule is O=S(=O)(Nc1ccc(Oc2ccccc2)s1)c1ccccc1. The molecule has 6 heteroatoms. The molecule has 0 spiro atoms. The number of rotatable bonds is 5. The molecule has 1 heterocycles. The second kappa shape index (κ2) is 6.21. The summed E-state index contributed by atoms with van der Waals surface area (Å²) >= 11 is 1.24.